The maximum Gasteiger partial charge on any atom is 0.156 e. The van der Waals surface area contributed by atoms with E-state index in [2.05, 4.69) is 31.1 Å². The monoisotopic (exact) mass is 244 g/mol. The summed E-state index contributed by atoms with van der Waals surface area (Å²) in [5.41, 5.74) is 0. The number of nitrogens with zero attached hydrogens (tertiary/aromatic N) is 1. The van der Waals surface area contributed by atoms with Crippen LogP contribution in [0.4, 0.5) is 0 Å². The average Bonchev–Trinajstić information content (AvgIpc) is 2.62. The molecular weight excluding hydrogens is 220 g/mol. The molecule has 0 aliphatic carbocycles. The molecule has 0 bridgehead atoms. The highest BCUT2D eigenvalue weighted by Crippen LogP contribution is 2.25. The van der Waals surface area contributed by atoms with Gasteiger partial charge < -0.3 is 10.1 Å². The highest BCUT2D eigenvalue weighted by Gasteiger charge is 2.20. The van der Waals surface area contributed by atoms with Gasteiger partial charge in [0.15, 0.2) is 5.17 Å². The van der Waals surface area contributed by atoms with Crippen molar-refractivity contribution in [1.82, 2.24) is 5.32 Å². The summed E-state index contributed by atoms with van der Waals surface area (Å²) in [6.45, 7) is 9.46. The van der Waals surface area contributed by atoms with Gasteiger partial charge >= 0.3 is 0 Å². The van der Waals surface area contributed by atoms with E-state index in [0.29, 0.717) is 11.2 Å². The van der Waals surface area contributed by atoms with Gasteiger partial charge in [0, 0.05) is 18.9 Å². The van der Waals surface area contributed by atoms with Crippen molar-refractivity contribution in [1.29, 1.82) is 0 Å². The molecule has 1 aliphatic rings. The molecule has 0 fully saturated rings. The highest BCUT2D eigenvalue weighted by atomic mass is 32.2. The van der Waals surface area contributed by atoms with Crippen LogP contribution in [0.1, 0.15) is 27.2 Å². The minimum Gasteiger partial charge on any atom is -0.384 e. The molecule has 1 aliphatic heterocycles. The summed E-state index contributed by atoms with van der Waals surface area (Å²) in [5, 5.41) is 5.20. The van der Waals surface area contributed by atoms with Crippen LogP contribution in [-0.2, 0) is 4.74 Å². The largest absolute Gasteiger partial charge is 0.384 e. The minimum atomic E-state index is 0.539. The number of nitrogens with one attached hydrogen (secondary N) is 1. The smallest absolute Gasteiger partial charge is 0.156 e. The molecule has 2 unspecified atom stereocenters. The molecule has 16 heavy (non-hydrogen) atoms. The minimum absolute atomic E-state index is 0.539. The molecule has 0 aromatic heterocycles. The summed E-state index contributed by atoms with van der Waals surface area (Å²) in [6.07, 6.45) is 1.26. The van der Waals surface area contributed by atoms with Crippen LogP contribution in [0.25, 0.3) is 0 Å². The molecule has 0 radical (unpaired) electrons. The van der Waals surface area contributed by atoms with Crippen molar-refractivity contribution >= 4 is 16.9 Å². The van der Waals surface area contributed by atoms with Gasteiger partial charge in [0.1, 0.15) is 0 Å². The number of hydrogen-bond acceptors (Lipinski definition) is 4. The second-order valence-corrected chi connectivity index (χ2v) is 6.25. The number of aliphatic imine (C=N–C) groups is 1. The summed E-state index contributed by atoms with van der Waals surface area (Å²) in [6, 6.07) is 0. The van der Waals surface area contributed by atoms with Crippen LogP contribution in [-0.4, -0.2) is 37.2 Å². The molecule has 0 aromatic carbocycles. The molecule has 0 saturated heterocycles. The Labute approximate surface area is 103 Å². The summed E-state index contributed by atoms with van der Waals surface area (Å²) in [5.74, 6) is 1.30. The van der Waals surface area contributed by atoms with Crippen LogP contribution < -0.4 is 5.32 Å². The first kappa shape index (κ1) is 13.8. The average molecular weight is 244 g/mol. The Hall–Kier alpha value is -0.220. The number of methoxy groups -OCH3 is 1. The molecule has 0 saturated carbocycles. The molecular formula is C12H24N2OS. The quantitative estimate of drug-likeness (QED) is 0.779. The Kier molecular flexibility index (Phi) is 6.21. The summed E-state index contributed by atoms with van der Waals surface area (Å²) in [4.78, 5) is 4.53. The Morgan fingerprint density at radius 3 is 2.88 bits per heavy atom. The number of thioether (sulfide) groups is 1. The zero-order chi connectivity index (χ0) is 12.0. The first-order valence-corrected chi connectivity index (χ1v) is 6.93. The Morgan fingerprint density at radius 1 is 1.50 bits per heavy atom. The van der Waals surface area contributed by atoms with Gasteiger partial charge in [-0.3, -0.25) is 4.99 Å². The van der Waals surface area contributed by atoms with E-state index in [9.17, 15) is 0 Å². The zero-order valence-electron chi connectivity index (χ0n) is 10.8. The van der Waals surface area contributed by atoms with Crippen molar-refractivity contribution < 1.29 is 4.74 Å². The molecule has 1 N–H and O–H groups in total. The zero-order valence-corrected chi connectivity index (χ0v) is 11.6. The van der Waals surface area contributed by atoms with Crippen molar-refractivity contribution in [2.45, 2.75) is 32.4 Å². The van der Waals surface area contributed by atoms with Crippen molar-refractivity contribution in [3.05, 3.63) is 0 Å². The van der Waals surface area contributed by atoms with Gasteiger partial charge in [-0.15, -0.1) is 0 Å². The van der Waals surface area contributed by atoms with Crippen molar-refractivity contribution in [2.75, 3.05) is 26.8 Å². The third-order valence-electron chi connectivity index (χ3n) is 2.50. The van der Waals surface area contributed by atoms with Gasteiger partial charge in [0.05, 0.1) is 13.2 Å². The van der Waals surface area contributed by atoms with E-state index in [1.54, 1.807) is 7.11 Å². The predicted octanol–water partition coefficient (Wildman–Crippen LogP) is 2.38. The lowest BCUT2D eigenvalue weighted by Gasteiger charge is -2.13. The van der Waals surface area contributed by atoms with Crippen LogP contribution in [0.5, 0.6) is 0 Å². The maximum absolute atomic E-state index is 5.11. The van der Waals surface area contributed by atoms with Crippen molar-refractivity contribution in [3.63, 3.8) is 0 Å². The lowest BCUT2D eigenvalue weighted by atomic mass is 10.1. The van der Waals surface area contributed by atoms with Gasteiger partial charge in [-0.25, -0.2) is 0 Å². The van der Waals surface area contributed by atoms with Gasteiger partial charge in [-0.2, -0.15) is 0 Å². The highest BCUT2D eigenvalue weighted by molar-refractivity contribution is 8.14. The van der Waals surface area contributed by atoms with Crippen LogP contribution in [0.3, 0.4) is 0 Å². The van der Waals surface area contributed by atoms with Gasteiger partial charge in [0.2, 0.25) is 0 Å². The Balaban J connectivity index is 2.16. The molecule has 0 amide bonds. The van der Waals surface area contributed by atoms with E-state index in [1.165, 1.54) is 6.42 Å². The van der Waals surface area contributed by atoms with Crippen LogP contribution in [0.15, 0.2) is 4.99 Å². The van der Waals surface area contributed by atoms with Crippen LogP contribution in [0, 0.1) is 11.8 Å². The van der Waals surface area contributed by atoms with E-state index in [0.717, 1.165) is 30.8 Å². The first-order chi connectivity index (χ1) is 7.61. The SMILES string of the molecule is COCC(C)CNC1=NCC(CC(C)C)S1. The molecule has 0 aromatic rings. The summed E-state index contributed by atoms with van der Waals surface area (Å²) >= 11 is 1.90. The van der Waals surface area contributed by atoms with Gasteiger partial charge in [-0.05, 0) is 18.3 Å². The van der Waals surface area contributed by atoms with Crippen molar-refractivity contribution in [3.8, 4) is 0 Å². The Bertz CT molecular complexity index is 231. The number of ether oxygens (including phenoxy) is 1. The second kappa shape index (κ2) is 7.17. The van der Waals surface area contributed by atoms with E-state index < -0.39 is 0 Å². The van der Waals surface area contributed by atoms with E-state index in [4.69, 9.17) is 4.74 Å². The third kappa shape index (κ3) is 5.21. The van der Waals surface area contributed by atoms with E-state index >= 15 is 0 Å². The predicted molar refractivity (Wildman–Crippen MR) is 72.2 cm³/mol. The maximum atomic E-state index is 5.11. The number of hydrogen-bond donors (Lipinski definition) is 1. The Morgan fingerprint density at radius 2 is 2.25 bits per heavy atom. The summed E-state index contributed by atoms with van der Waals surface area (Å²) < 4.78 is 5.11. The molecule has 94 valence electrons. The first-order valence-electron chi connectivity index (χ1n) is 6.05. The van der Waals surface area contributed by atoms with Gasteiger partial charge in [0.25, 0.3) is 0 Å². The number of rotatable bonds is 6. The van der Waals surface area contributed by atoms with Crippen LogP contribution in [0.2, 0.25) is 0 Å². The lowest BCUT2D eigenvalue weighted by Crippen LogP contribution is -2.27. The standard InChI is InChI=1S/C12H24N2OS/c1-9(2)5-11-7-14-12(16-11)13-6-10(3)8-15-4/h9-11H,5-8H2,1-4H3,(H,13,14). The molecule has 3 nitrogen and oxygen atoms in total. The van der Waals surface area contributed by atoms with E-state index in [1.807, 2.05) is 11.8 Å². The molecule has 1 rings (SSSR count). The number of amidine groups is 1. The van der Waals surface area contributed by atoms with Gasteiger partial charge in [-0.1, -0.05) is 32.5 Å². The van der Waals surface area contributed by atoms with Crippen molar-refractivity contribution in [2.24, 2.45) is 16.8 Å². The third-order valence-corrected chi connectivity index (χ3v) is 3.68. The van der Waals surface area contributed by atoms with Crippen LogP contribution >= 0.6 is 11.8 Å². The molecule has 0 spiro atoms. The topological polar surface area (TPSA) is 33.6 Å². The fourth-order valence-electron chi connectivity index (χ4n) is 1.77. The fraction of sp³-hybridized carbons (Fsp3) is 0.917. The van der Waals surface area contributed by atoms with E-state index in [-0.39, 0.29) is 0 Å². The molecule has 4 heteroatoms. The lowest BCUT2D eigenvalue weighted by molar-refractivity contribution is 0.161. The fourth-order valence-corrected chi connectivity index (χ4v) is 3.03. The molecule has 2 atom stereocenters. The summed E-state index contributed by atoms with van der Waals surface area (Å²) in [7, 11) is 1.75. The second-order valence-electron chi connectivity index (χ2n) is 4.96. The molecule has 1 heterocycles. The normalized spacial score (nSPS) is 22.3.